The minimum absolute atomic E-state index is 0.186. The summed E-state index contributed by atoms with van der Waals surface area (Å²) in [6.07, 6.45) is 7.16. The van der Waals surface area contributed by atoms with Gasteiger partial charge in [-0.05, 0) is 55.2 Å². The molecular weight excluding hydrogens is 369 g/mol. The van der Waals surface area contributed by atoms with E-state index in [1.54, 1.807) is 18.6 Å². The molecule has 0 saturated heterocycles. The largest absolute Gasteiger partial charge is 0.493 e. The lowest BCUT2D eigenvalue weighted by atomic mass is 9.99. The molecule has 6 nitrogen and oxygen atoms in total. The molecule has 0 spiro atoms. The summed E-state index contributed by atoms with van der Waals surface area (Å²) in [4.78, 5) is 9.01. The zero-order valence-electron chi connectivity index (χ0n) is 16.3. The van der Waals surface area contributed by atoms with Crippen molar-refractivity contribution in [2.24, 2.45) is 0 Å². The Hall–Kier alpha value is -3.35. The molecule has 0 fully saturated rings. The summed E-state index contributed by atoms with van der Waals surface area (Å²) in [5, 5.41) is 8.41. The third-order valence-electron chi connectivity index (χ3n) is 5.69. The van der Waals surface area contributed by atoms with Crippen LogP contribution in [-0.4, -0.2) is 31.2 Å². The van der Waals surface area contributed by atoms with Crippen LogP contribution in [0.5, 0.6) is 5.75 Å². The van der Waals surface area contributed by atoms with Crippen molar-refractivity contribution in [3.8, 4) is 16.9 Å². The standard InChI is InChI=1S/C22H20FN5O/c1-13-14(2)24-9-7-15(13)18-11-25-21(28-12-26-27-22(18)28)6-3-16-17-8-10-29-20(17)5-4-19(16)23/h4-5,7,9,11-12H,3,6,8,10H2,1-2H3. The maximum atomic E-state index is 14.5. The predicted octanol–water partition coefficient (Wildman–Crippen LogP) is 3.66. The van der Waals surface area contributed by atoms with Crippen LogP contribution in [0.3, 0.4) is 0 Å². The molecule has 0 N–H and O–H groups in total. The molecule has 1 aliphatic rings. The first kappa shape index (κ1) is 17.7. The zero-order valence-corrected chi connectivity index (χ0v) is 16.3. The van der Waals surface area contributed by atoms with Gasteiger partial charge in [0.1, 0.15) is 23.7 Å². The van der Waals surface area contributed by atoms with E-state index in [9.17, 15) is 4.39 Å². The van der Waals surface area contributed by atoms with Crippen molar-refractivity contribution >= 4 is 5.65 Å². The average molecular weight is 389 g/mol. The number of hydrogen-bond acceptors (Lipinski definition) is 5. The van der Waals surface area contributed by atoms with Crippen molar-refractivity contribution in [2.75, 3.05) is 6.61 Å². The number of fused-ring (bicyclic) bond motifs is 2. The van der Waals surface area contributed by atoms with Crippen LogP contribution in [0.15, 0.2) is 36.9 Å². The van der Waals surface area contributed by atoms with Crippen LogP contribution in [0.4, 0.5) is 4.39 Å². The number of rotatable bonds is 4. The van der Waals surface area contributed by atoms with Crippen LogP contribution >= 0.6 is 0 Å². The number of ether oxygens (including phenoxy) is 1. The summed E-state index contributed by atoms with van der Waals surface area (Å²) >= 11 is 0. The summed E-state index contributed by atoms with van der Waals surface area (Å²) in [6.45, 7) is 4.64. The van der Waals surface area contributed by atoms with Crippen molar-refractivity contribution in [1.29, 1.82) is 0 Å². The smallest absolute Gasteiger partial charge is 0.171 e. The van der Waals surface area contributed by atoms with Gasteiger partial charge in [0, 0.05) is 42.1 Å². The Labute approximate surface area is 167 Å². The number of benzene rings is 1. The van der Waals surface area contributed by atoms with Crippen LogP contribution in [0, 0.1) is 19.7 Å². The zero-order chi connectivity index (χ0) is 20.0. The van der Waals surface area contributed by atoms with E-state index >= 15 is 0 Å². The van der Waals surface area contributed by atoms with Gasteiger partial charge in [0.15, 0.2) is 5.65 Å². The molecule has 0 unspecified atom stereocenters. The Bertz CT molecular complexity index is 1230. The molecular formula is C22H20FN5O. The molecule has 1 aromatic carbocycles. The van der Waals surface area contributed by atoms with Gasteiger partial charge in [-0.1, -0.05) is 0 Å². The highest BCUT2D eigenvalue weighted by atomic mass is 19.1. The number of hydrogen-bond donors (Lipinski definition) is 0. The van der Waals surface area contributed by atoms with Gasteiger partial charge < -0.3 is 4.74 Å². The molecule has 0 atom stereocenters. The van der Waals surface area contributed by atoms with E-state index in [2.05, 4.69) is 20.2 Å². The maximum absolute atomic E-state index is 14.5. The van der Waals surface area contributed by atoms with Crippen LogP contribution in [0.1, 0.15) is 28.2 Å². The van der Waals surface area contributed by atoms with Crippen LogP contribution < -0.4 is 4.74 Å². The minimum atomic E-state index is -0.186. The molecule has 5 rings (SSSR count). The van der Waals surface area contributed by atoms with Gasteiger partial charge in [0.2, 0.25) is 0 Å². The monoisotopic (exact) mass is 389 g/mol. The first-order chi connectivity index (χ1) is 14.1. The fourth-order valence-electron chi connectivity index (χ4n) is 4.00. The average Bonchev–Trinajstić information content (AvgIpc) is 3.39. The van der Waals surface area contributed by atoms with E-state index in [1.807, 2.05) is 30.5 Å². The summed E-state index contributed by atoms with van der Waals surface area (Å²) < 4.78 is 21.9. The third-order valence-corrected chi connectivity index (χ3v) is 5.69. The van der Waals surface area contributed by atoms with Gasteiger partial charge in [0.25, 0.3) is 0 Å². The molecule has 4 heterocycles. The van der Waals surface area contributed by atoms with Crippen LogP contribution in [-0.2, 0) is 19.3 Å². The normalized spacial score (nSPS) is 12.9. The van der Waals surface area contributed by atoms with Crippen molar-refractivity contribution in [3.05, 3.63) is 70.9 Å². The van der Waals surface area contributed by atoms with E-state index < -0.39 is 0 Å². The Morgan fingerprint density at radius 1 is 1.10 bits per heavy atom. The van der Waals surface area contributed by atoms with E-state index in [1.165, 1.54) is 6.07 Å². The van der Waals surface area contributed by atoms with Gasteiger partial charge in [-0.15, -0.1) is 10.2 Å². The number of nitrogens with zero attached hydrogens (tertiary/aromatic N) is 5. The van der Waals surface area contributed by atoms with Crippen molar-refractivity contribution in [3.63, 3.8) is 0 Å². The minimum Gasteiger partial charge on any atom is -0.493 e. The van der Waals surface area contributed by atoms with Crippen LogP contribution in [0.2, 0.25) is 0 Å². The molecule has 7 heteroatoms. The van der Waals surface area contributed by atoms with Crippen molar-refractivity contribution < 1.29 is 9.13 Å². The molecule has 4 aromatic rings. The van der Waals surface area contributed by atoms with Gasteiger partial charge in [-0.2, -0.15) is 0 Å². The summed E-state index contributed by atoms with van der Waals surface area (Å²) in [6, 6.07) is 5.17. The second kappa shape index (κ2) is 6.92. The molecule has 29 heavy (non-hydrogen) atoms. The molecule has 3 aromatic heterocycles. The SMILES string of the molecule is Cc1nccc(-c2cnc(CCc3c(F)ccc4c3CCO4)n3cnnc23)c1C. The molecule has 0 aliphatic carbocycles. The van der Waals surface area contributed by atoms with Crippen LogP contribution in [0.25, 0.3) is 16.8 Å². The molecule has 0 radical (unpaired) electrons. The molecule has 1 aliphatic heterocycles. The lowest BCUT2D eigenvalue weighted by Crippen LogP contribution is -2.06. The van der Waals surface area contributed by atoms with Crippen molar-refractivity contribution in [2.45, 2.75) is 33.1 Å². The second-order valence-corrected chi connectivity index (χ2v) is 7.28. The number of halogens is 1. The third kappa shape index (κ3) is 2.93. The first-order valence-corrected chi connectivity index (χ1v) is 9.66. The highest BCUT2D eigenvalue weighted by Crippen LogP contribution is 2.31. The first-order valence-electron chi connectivity index (χ1n) is 9.66. The van der Waals surface area contributed by atoms with Gasteiger partial charge in [-0.3, -0.25) is 9.38 Å². The summed E-state index contributed by atoms with van der Waals surface area (Å²) in [5.74, 6) is 1.41. The molecule has 0 amide bonds. The Morgan fingerprint density at radius 2 is 2.00 bits per heavy atom. The maximum Gasteiger partial charge on any atom is 0.171 e. The van der Waals surface area contributed by atoms with E-state index in [4.69, 9.17) is 4.74 Å². The lowest BCUT2D eigenvalue weighted by molar-refractivity contribution is 0.356. The Balaban J connectivity index is 1.52. The highest BCUT2D eigenvalue weighted by Gasteiger charge is 2.20. The molecule has 146 valence electrons. The molecule has 0 bridgehead atoms. The molecule has 0 saturated carbocycles. The fraction of sp³-hybridized carbons (Fsp3) is 0.273. The lowest BCUT2D eigenvalue weighted by Gasteiger charge is -2.12. The number of aryl methyl sites for hydroxylation is 2. The predicted molar refractivity (Wildman–Crippen MR) is 106 cm³/mol. The quantitative estimate of drug-likeness (QED) is 0.533. The topological polar surface area (TPSA) is 65.2 Å². The summed E-state index contributed by atoms with van der Waals surface area (Å²) in [7, 11) is 0. The second-order valence-electron chi connectivity index (χ2n) is 7.28. The number of aromatic nitrogens is 5. The van der Waals surface area contributed by atoms with Gasteiger partial charge in [0.05, 0.1) is 6.61 Å². The van der Waals surface area contributed by atoms with Gasteiger partial charge in [-0.25, -0.2) is 9.37 Å². The van der Waals surface area contributed by atoms with E-state index in [0.717, 1.165) is 51.6 Å². The Morgan fingerprint density at radius 3 is 2.90 bits per heavy atom. The van der Waals surface area contributed by atoms with Gasteiger partial charge >= 0.3 is 0 Å². The Kier molecular flexibility index (Phi) is 4.23. The van der Waals surface area contributed by atoms with E-state index in [0.29, 0.717) is 25.0 Å². The van der Waals surface area contributed by atoms with E-state index in [-0.39, 0.29) is 5.82 Å². The fourth-order valence-corrected chi connectivity index (χ4v) is 4.00. The van der Waals surface area contributed by atoms with Crippen molar-refractivity contribution in [1.82, 2.24) is 24.6 Å². The highest BCUT2D eigenvalue weighted by molar-refractivity contribution is 5.78. The number of pyridine rings is 1. The summed E-state index contributed by atoms with van der Waals surface area (Å²) in [5.41, 5.74) is 6.45.